The van der Waals surface area contributed by atoms with Crippen LogP contribution in [-0.4, -0.2) is 40.1 Å². The van der Waals surface area contributed by atoms with E-state index in [0.717, 1.165) is 16.7 Å². The third-order valence-corrected chi connectivity index (χ3v) is 6.12. The van der Waals surface area contributed by atoms with Crippen molar-refractivity contribution in [3.8, 4) is 0 Å². The first kappa shape index (κ1) is 24.9. The van der Waals surface area contributed by atoms with Crippen LogP contribution in [0.1, 0.15) is 28.1 Å². The highest BCUT2D eigenvalue weighted by Crippen LogP contribution is 2.32. The Morgan fingerprint density at radius 2 is 1.16 bits per heavy atom. The SMILES string of the molecule is N/C(=C\N(N)Cc1ccccc1)C(O)(c1cn(Cc2ccccc2)nn1)c1cn(Cc2ccccc2)nn1. The summed E-state index contributed by atoms with van der Waals surface area (Å²) in [7, 11) is 0. The fraction of sp³-hybridized carbons (Fsp3) is 0.143. The van der Waals surface area contributed by atoms with Gasteiger partial charge in [-0.05, 0) is 16.7 Å². The van der Waals surface area contributed by atoms with Gasteiger partial charge in [0.1, 0.15) is 11.4 Å². The Morgan fingerprint density at radius 3 is 1.61 bits per heavy atom. The number of hydrogen-bond donors (Lipinski definition) is 3. The van der Waals surface area contributed by atoms with Crippen LogP contribution in [0.3, 0.4) is 0 Å². The molecule has 0 aliphatic carbocycles. The average Bonchev–Trinajstić information content (AvgIpc) is 3.60. The zero-order valence-electron chi connectivity index (χ0n) is 20.7. The zero-order chi connectivity index (χ0) is 26.4. The van der Waals surface area contributed by atoms with Crippen LogP contribution >= 0.6 is 0 Å². The molecule has 5 N–H and O–H groups in total. The lowest BCUT2D eigenvalue weighted by molar-refractivity contribution is 0.106. The van der Waals surface area contributed by atoms with E-state index < -0.39 is 5.60 Å². The summed E-state index contributed by atoms with van der Waals surface area (Å²) in [4.78, 5) is 0. The van der Waals surface area contributed by atoms with Crippen LogP contribution in [-0.2, 0) is 25.2 Å². The van der Waals surface area contributed by atoms with Gasteiger partial charge in [0.2, 0.25) is 0 Å². The molecule has 0 saturated carbocycles. The third-order valence-electron chi connectivity index (χ3n) is 6.12. The van der Waals surface area contributed by atoms with E-state index in [4.69, 9.17) is 11.6 Å². The van der Waals surface area contributed by atoms with Crippen LogP contribution in [0.25, 0.3) is 0 Å². The van der Waals surface area contributed by atoms with Crippen LogP contribution in [0.4, 0.5) is 0 Å². The van der Waals surface area contributed by atoms with Gasteiger partial charge in [0.05, 0.1) is 37.7 Å². The highest BCUT2D eigenvalue weighted by molar-refractivity contribution is 5.35. The van der Waals surface area contributed by atoms with Crippen LogP contribution in [0, 0.1) is 0 Å². The second-order valence-electron chi connectivity index (χ2n) is 9.03. The molecule has 2 heterocycles. The number of hydrazine groups is 1. The first-order valence-corrected chi connectivity index (χ1v) is 12.1. The molecular formula is C28H29N9O. The normalized spacial score (nSPS) is 12.0. The molecular weight excluding hydrogens is 478 g/mol. The van der Waals surface area contributed by atoms with Crippen molar-refractivity contribution < 1.29 is 5.11 Å². The fourth-order valence-corrected chi connectivity index (χ4v) is 4.16. The van der Waals surface area contributed by atoms with Crippen molar-refractivity contribution >= 4 is 0 Å². The van der Waals surface area contributed by atoms with Crippen LogP contribution in [0.2, 0.25) is 0 Å². The topological polar surface area (TPSA) is 137 Å². The van der Waals surface area contributed by atoms with Gasteiger partial charge in [0, 0.05) is 6.20 Å². The minimum Gasteiger partial charge on any atom is -0.398 e. The van der Waals surface area contributed by atoms with Crippen molar-refractivity contribution in [2.45, 2.75) is 25.2 Å². The summed E-state index contributed by atoms with van der Waals surface area (Å²) in [5, 5.41) is 30.5. The van der Waals surface area contributed by atoms with E-state index in [1.807, 2.05) is 91.0 Å². The van der Waals surface area contributed by atoms with Crippen LogP contribution in [0.5, 0.6) is 0 Å². The van der Waals surface area contributed by atoms with E-state index in [9.17, 15) is 5.11 Å². The molecule has 0 atom stereocenters. The Labute approximate surface area is 220 Å². The van der Waals surface area contributed by atoms with Gasteiger partial charge in [-0.3, -0.25) is 0 Å². The maximum absolute atomic E-state index is 12.1. The standard InChI is InChI=1S/C28H29N9O/c29-25(19-35(30)16-22-10-4-1-5-11-22)28(38,26-20-36(33-31-26)17-23-12-6-2-7-13-23)27-21-37(34-32-27)18-24-14-8-3-9-15-24/h1-15,19-21,38H,16-18,29-30H2/b25-19-. The van der Waals surface area contributed by atoms with Gasteiger partial charge in [-0.2, -0.15) is 0 Å². The number of benzene rings is 3. The first-order valence-electron chi connectivity index (χ1n) is 12.1. The van der Waals surface area contributed by atoms with E-state index in [1.165, 1.54) is 11.2 Å². The van der Waals surface area contributed by atoms with Crippen molar-refractivity contribution in [1.29, 1.82) is 0 Å². The van der Waals surface area contributed by atoms with Crippen LogP contribution < -0.4 is 11.6 Å². The second-order valence-corrected chi connectivity index (χ2v) is 9.03. The molecule has 3 aromatic carbocycles. The number of nitrogens with zero attached hydrogens (tertiary/aromatic N) is 7. The Kier molecular flexibility index (Phi) is 7.25. The van der Waals surface area contributed by atoms with E-state index >= 15 is 0 Å². The summed E-state index contributed by atoms with van der Waals surface area (Å²) < 4.78 is 3.28. The zero-order valence-corrected chi connectivity index (χ0v) is 20.7. The third kappa shape index (κ3) is 5.61. The van der Waals surface area contributed by atoms with Crippen molar-refractivity contribution in [1.82, 2.24) is 35.0 Å². The lowest BCUT2D eigenvalue weighted by atomic mass is 9.93. The predicted octanol–water partition coefficient (Wildman–Crippen LogP) is 2.38. The van der Waals surface area contributed by atoms with E-state index in [0.29, 0.717) is 19.6 Å². The number of nitrogens with two attached hydrogens (primary N) is 2. The lowest BCUT2D eigenvalue weighted by Gasteiger charge is -2.26. The van der Waals surface area contributed by atoms with Crippen molar-refractivity contribution in [2.24, 2.45) is 11.6 Å². The molecule has 10 heteroatoms. The summed E-state index contributed by atoms with van der Waals surface area (Å²) in [6, 6.07) is 29.4. The minimum absolute atomic E-state index is 0.0365. The van der Waals surface area contributed by atoms with Gasteiger partial charge in [0.15, 0.2) is 5.60 Å². The molecule has 0 aliphatic heterocycles. The molecule has 5 aromatic rings. The highest BCUT2D eigenvalue weighted by Gasteiger charge is 2.41. The summed E-state index contributed by atoms with van der Waals surface area (Å²) in [5.74, 6) is 6.26. The molecule has 0 bridgehead atoms. The van der Waals surface area contributed by atoms with Crippen molar-refractivity contribution in [2.75, 3.05) is 0 Å². The first-order chi connectivity index (χ1) is 18.5. The van der Waals surface area contributed by atoms with Gasteiger partial charge < -0.3 is 15.8 Å². The van der Waals surface area contributed by atoms with E-state index in [1.54, 1.807) is 21.8 Å². The van der Waals surface area contributed by atoms with E-state index in [-0.39, 0.29) is 17.1 Å². The number of aromatic nitrogens is 6. The summed E-state index contributed by atoms with van der Waals surface area (Å²) >= 11 is 0. The molecule has 0 unspecified atom stereocenters. The quantitative estimate of drug-likeness (QED) is 0.194. The molecule has 0 spiro atoms. The molecule has 0 saturated heterocycles. The summed E-state index contributed by atoms with van der Waals surface area (Å²) in [5.41, 5.74) is 8.14. The van der Waals surface area contributed by atoms with Crippen LogP contribution in [0.15, 0.2) is 115 Å². The monoisotopic (exact) mass is 507 g/mol. The Balaban J connectivity index is 1.47. The predicted molar refractivity (Wildman–Crippen MR) is 143 cm³/mol. The molecule has 0 amide bonds. The second kappa shape index (κ2) is 11.1. The molecule has 2 aromatic heterocycles. The molecule has 0 radical (unpaired) electrons. The maximum Gasteiger partial charge on any atom is 0.197 e. The molecule has 0 fully saturated rings. The van der Waals surface area contributed by atoms with Crippen molar-refractivity contribution in [3.05, 3.63) is 143 Å². The Hall–Kier alpha value is -4.80. The van der Waals surface area contributed by atoms with Crippen molar-refractivity contribution in [3.63, 3.8) is 0 Å². The van der Waals surface area contributed by atoms with Gasteiger partial charge in [0.25, 0.3) is 0 Å². The van der Waals surface area contributed by atoms with E-state index in [2.05, 4.69) is 20.6 Å². The minimum atomic E-state index is -1.92. The molecule has 0 aliphatic rings. The summed E-state index contributed by atoms with van der Waals surface area (Å²) in [6.07, 6.45) is 4.80. The molecule has 192 valence electrons. The van der Waals surface area contributed by atoms with Gasteiger partial charge >= 0.3 is 0 Å². The summed E-state index contributed by atoms with van der Waals surface area (Å²) in [6.45, 7) is 1.34. The number of rotatable bonds is 10. The fourth-order valence-electron chi connectivity index (χ4n) is 4.16. The Morgan fingerprint density at radius 1 is 0.737 bits per heavy atom. The Bertz CT molecular complexity index is 1400. The number of hydrogen-bond acceptors (Lipinski definition) is 8. The maximum atomic E-state index is 12.1. The van der Waals surface area contributed by atoms with Gasteiger partial charge in [-0.25, -0.2) is 15.2 Å². The van der Waals surface area contributed by atoms with Gasteiger partial charge in [-0.15, -0.1) is 10.2 Å². The molecule has 38 heavy (non-hydrogen) atoms. The smallest absolute Gasteiger partial charge is 0.197 e. The highest BCUT2D eigenvalue weighted by atomic mass is 16.3. The lowest BCUT2D eigenvalue weighted by Crippen LogP contribution is -2.38. The van der Waals surface area contributed by atoms with Gasteiger partial charge in [-0.1, -0.05) is 101 Å². The average molecular weight is 508 g/mol. The number of aliphatic hydroxyl groups is 1. The molecule has 5 rings (SSSR count). The molecule has 10 nitrogen and oxygen atoms in total. The largest absolute Gasteiger partial charge is 0.398 e.